The third kappa shape index (κ3) is 5.03. The van der Waals surface area contributed by atoms with Crippen LogP contribution in [0.2, 0.25) is 0 Å². The van der Waals surface area contributed by atoms with E-state index in [4.69, 9.17) is 0 Å². The second-order valence-corrected chi connectivity index (χ2v) is 5.61. The molecular formula is C20H25NO. The van der Waals surface area contributed by atoms with E-state index < -0.39 is 0 Å². The maximum atomic E-state index is 12.3. The first kappa shape index (κ1) is 16.3. The molecule has 0 aliphatic heterocycles. The summed E-state index contributed by atoms with van der Waals surface area (Å²) in [5, 5.41) is 3.03. The van der Waals surface area contributed by atoms with Crippen LogP contribution in [0.1, 0.15) is 47.7 Å². The van der Waals surface area contributed by atoms with Crippen molar-refractivity contribution in [1.82, 2.24) is 5.32 Å². The highest BCUT2D eigenvalue weighted by atomic mass is 16.1. The van der Waals surface area contributed by atoms with Crippen molar-refractivity contribution in [3.63, 3.8) is 0 Å². The van der Waals surface area contributed by atoms with Crippen LogP contribution in [0.25, 0.3) is 0 Å². The van der Waals surface area contributed by atoms with Gasteiger partial charge in [-0.25, -0.2) is 0 Å². The van der Waals surface area contributed by atoms with Crippen molar-refractivity contribution in [1.29, 1.82) is 0 Å². The van der Waals surface area contributed by atoms with Crippen LogP contribution < -0.4 is 5.32 Å². The second kappa shape index (κ2) is 9.04. The Morgan fingerprint density at radius 1 is 0.909 bits per heavy atom. The molecule has 2 rings (SSSR count). The molecule has 1 amide bonds. The molecule has 0 spiro atoms. The van der Waals surface area contributed by atoms with Crippen LogP contribution in [0.3, 0.4) is 0 Å². The molecule has 116 valence electrons. The smallest absolute Gasteiger partial charge is 0.251 e. The molecule has 2 aromatic carbocycles. The number of carbonyl (C=O) groups excluding carboxylic acids is 1. The van der Waals surface area contributed by atoms with Gasteiger partial charge < -0.3 is 5.32 Å². The van der Waals surface area contributed by atoms with Crippen molar-refractivity contribution in [3.8, 4) is 0 Å². The summed E-state index contributed by atoms with van der Waals surface area (Å²) in [6, 6.07) is 18.3. The molecule has 0 bridgehead atoms. The van der Waals surface area contributed by atoms with E-state index in [2.05, 4.69) is 42.6 Å². The summed E-state index contributed by atoms with van der Waals surface area (Å²) in [4.78, 5) is 12.3. The largest absolute Gasteiger partial charge is 0.352 e. The molecule has 0 heterocycles. The fourth-order valence-corrected chi connectivity index (χ4v) is 2.56. The molecule has 2 heteroatoms. The average Bonchev–Trinajstić information content (AvgIpc) is 2.58. The highest BCUT2D eigenvalue weighted by molar-refractivity contribution is 5.95. The topological polar surface area (TPSA) is 29.1 Å². The number of amides is 1. The van der Waals surface area contributed by atoms with Gasteiger partial charge in [-0.3, -0.25) is 4.79 Å². The number of carbonyl (C=O) groups is 1. The third-order valence-corrected chi connectivity index (χ3v) is 3.85. The van der Waals surface area contributed by atoms with Crippen molar-refractivity contribution in [3.05, 3.63) is 71.3 Å². The van der Waals surface area contributed by atoms with Gasteiger partial charge in [0.2, 0.25) is 0 Å². The Labute approximate surface area is 133 Å². The van der Waals surface area contributed by atoms with Crippen LogP contribution >= 0.6 is 0 Å². The molecule has 0 aromatic heterocycles. The Balaban J connectivity index is 1.95. The number of hydrogen-bond donors (Lipinski definition) is 1. The summed E-state index contributed by atoms with van der Waals surface area (Å²) in [6.07, 6.45) is 5.23. The van der Waals surface area contributed by atoms with E-state index in [1.807, 2.05) is 24.3 Å². The Bertz CT molecular complexity index is 577. The first-order valence-electron chi connectivity index (χ1n) is 8.21. The lowest BCUT2D eigenvalue weighted by Crippen LogP contribution is -2.25. The van der Waals surface area contributed by atoms with Gasteiger partial charge in [-0.2, -0.15) is 0 Å². The van der Waals surface area contributed by atoms with E-state index in [0.29, 0.717) is 0 Å². The molecule has 0 aliphatic carbocycles. The van der Waals surface area contributed by atoms with Crippen LogP contribution in [-0.2, 0) is 12.8 Å². The molecule has 0 saturated carbocycles. The molecule has 2 nitrogen and oxygen atoms in total. The molecular weight excluding hydrogens is 270 g/mol. The maximum absolute atomic E-state index is 12.3. The lowest BCUT2D eigenvalue weighted by Gasteiger charge is -2.10. The highest BCUT2D eigenvalue weighted by Gasteiger charge is 2.10. The molecule has 0 saturated heterocycles. The van der Waals surface area contributed by atoms with Crippen molar-refractivity contribution >= 4 is 5.91 Å². The zero-order valence-corrected chi connectivity index (χ0v) is 13.3. The first-order chi connectivity index (χ1) is 10.8. The zero-order valence-electron chi connectivity index (χ0n) is 13.3. The lowest BCUT2D eigenvalue weighted by atomic mass is 9.99. The van der Waals surface area contributed by atoms with Crippen molar-refractivity contribution in [2.75, 3.05) is 6.54 Å². The van der Waals surface area contributed by atoms with E-state index in [1.165, 1.54) is 12.0 Å². The number of aryl methyl sites for hydroxylation is 2. The molecule has 22 heavy (non-hydrogen) atoms. The number of unbranched alkanes of at least 4 members (excludes halogenated alkanes) is 2. The van der Waals surface area contributed by atoms with E-state index in [0.717, 1.165) is 43.4 Å². The standard InChI is InChI=1S/C20H25NO/c1-2-3-9-16-21-20(22)19-13-8-7-12-18(19)15-14-17-10-5-4-6-11-17/h4-8,10-13H,2-3,9,14-16H2,1H3,(H,21,22). The molecule has 2 aromatic rings. The van der Waals surface area contributed by atoms with Gasteiger partial charge >= 0.3 is 0 Å². The van der Waals surface area contributed by atoms with Crippen LogP contribution in [0.4, 0.5) is 0 Å². The van der Waals surface area contributed by atoms with Gasteiger partial charge in [0.25, 0.3) is 5.91 Å². The average molecular weight is 295 g/mol. The zero-order chi connectivity index (χ0) is 15.6. The Morgan fingerprint density at radius 3 is 2.41 bits per heavy atom. The monoisotopic (exact) mass is 295 g/mol. The predicted octanol–water partition coefficient (Wildman–Crippen LogP) is 4.39. The molecule has 0 fully saturated rings. The number of hydrogen-bond acceptors (Lipinski definition) is 1. The van der Waals surface area contributed by atoms with Gasteiger partial charge in [-0.1, -0.05) is 68.3 Å². The van der Waals surface area contributed by atoms with Gasteiger partial charge in [-0.15, -0.1) is 0 Å². The van der Waals surface area contributed by atoms with Gasteiger partial charge in [0, 0.05) is 12.1 Å². The second-order valence-electron chi connectivity index (χ2n) is 5.61. The van der Waals surface area contributed by atoms with E-state index >= 15 is 0 Å². The van der Waals surface area contributed by atoms with Gasteiger partial charge in [-0.05, 0) is 36.5 Å². The summed E-state index contributed by atoms with van der Waals surface area (Å²) in [6.45, 7) is 2.93. The minimum absolute atomic E-state index is 0.0553. The molecule has 0 unspecified atom stereocenters. The third-order valence-electron chi connectivity index (χ3n) is 3.85. The minimum Gasteiger partial charge on any atom is -0.352 e. The van der Waals surface area contributed by atoms with Crippen molar-refractivity contribution < 1.29 is 4.79 Å². The minimum atomic E-state index is 0.0553. The van der Waals surface area contributed by atoms with Gasteiger partial charge in [0.05, 0.1) is 0 Å². The first-order valence-corrected chi connectivity index (χ1v) is 8.21. The molecule has 0 atom stereocenters. The quantitative estimate of drug-likeness (QED) is 0.719. The summed E-state index contributed by atoms with van der Waals surface area (Å²) in [7, 11) is 0. The fourth-order valence-electron chi connectivity index (χ4n) is 2.56. The number of nitrogens with one attached hydrogen (secondary N) is 1. The van der Waals surface area contributed by atoms with Crippen LogP contribution in [0, 0.1) is 0 Å². The fraction of sp³-hybridized carbons (Fsp3) is 0.350. The van der Waals surface area contributed by atoms with Crippen molar-refractivity contribution in [2.45, 2.75) is 39.0 Å². The molecule has 0 radical (unpaired) electrons. The molecule has 0 aliphatic rings. The van der Waals surface area contributed by atoms with Crippen LogP contribution in [0.5, 0.6) is 0 Å². The maximum Gasteiger partial charge on any atom is 0.251 e. The van der Waals surface area contributed by atoms with Gasteiger partial charge in [0.15, 0.2) is 0 Å². The van der Waals surface area contributed by atoms with E-state index in [1.54, 1.807) is 0 Å². The van der Waals surface area contributed by atoms with Crippen molar-refractivity contribution in [2.24, 2.45) is 0 Å². The number of benzene rings is 2. The SMILES string of the molecule is CCCCCNC(=O)c1ccccc1CCc1ccccc1. The number of rotatable bonds is 8. The van der Waals surface area contributed by atoms with Crippen LogP contribution in [0.15, 0.2) is 54.6 Å². The Kier molecular flexibility index (Phi) is 6.69. The predicted molar refractivity (Wildman–Crippen MR) is 92.2 cm³/mol. The van der Waals surface area contributed by atoms with E-state index in [-0.39, 0.29) is 5.91 Å². The van der Waals surface area contributed by atoms with Gasteiger partial charge in [0.1, 0.15) is 0 Å². The Hall–Kier alpha value is -2.09. The highest BCUT2D eigenvalue weighted by Crippen LogP contribution is 2.13. The van der Waals surface area contributed by atoms with Crippen LogP contribution in [-0.4, -0.2) is 12.5 Å². The summed E-state index contributed by atoms with van der Waals surface area (Å²) in [5.41, 5.74) is 3.25. The lowest BCUT2D eigenvalue weighted by molar-refractivity contribution is 0.0952. The van der Waals surface area contributed by atoms with E-state index in [9.17, 15) is 4.79 Å². The Morgan fingerprint density at radius 2 is 1.64 bits per heavy atom. The summed E-state index contributed by atoms with van der Waals surface area (Å²) < 4.78 is 0. The summed E-state index contributed by atoms with van der Waals surface area (Å²) in [5.74, 6) is 0.0553. The summed E-state index contributed by atoms with van der Waals surface area (Å²) >= 11 is 0. The normalized spacial score (nSPS) is 10.4. The molecule has 1 N–H and O–H groups in total.